The molecule has 1 fully saturated rings. The van der Waals surface area contributed by atoms with Gasteiger partial charge in [0.25, 0.3) is 0 Å². The molecule has 0 amide bonds. The first-order chi connectivity index (χ1) is 11.1. The van der Waals surface area contributed by atoms with Gasteiger partial charge in [0, 0.05) is 0 Å². The van der Waals surface area contributed by atoms with Crippen LogP contribution < -0.4 is 0 Å². The van der Waals surface area contributed by atoms with Gasteiger partial charge < -0.3 is 0 Å². The second kappa shape index (κ2) is 9.24. The van der Waals surface area contributed by atoms with Crippen LogP contribution in [-0.2, 0) is 9.47 Å². The van der Waals surface area contributed by atoms with Gasteiger partial charge in [-0.2, -0.15) is 0 Å². The standard InChI is InChI=1S/C20H35O2.Sn.3H/c1-4-7-13-18-19(14-8-5-2,15-9-6-3)22-20(21-18)16-11-10-12-17-20;;;;/h11,18H,4-9,12-17H2,1-3H3;;;;. The maximum absolute atomic E-state index is 6.90. The molecule has 1 heterocycles. The van der Waals surface area contributed by atoms with E-state index in [1.54, 1.807) is 3.59 Å². The fourth-order valence-corrected chi connectivity index (χ4v) is 5.46. The van der Waals surface area contributed by atoms with Crippen LogP contribution in [0.25, 0.3) is 0 Å². The van der Waals surface area contributed by atoms with Gasteiger partial charge in [0.05, 0.1) is 0 Å². The second-order valence-electron chi connectivity index (χ2n) is 7.79. The Morgan fingerprint density at radius 1 is 1.09 bits per heavy atom. The third-order valence-electron chi connectivity index (χ3n) is 5.72. The predicted molar refractivity (Wildman–Crippen MR) is 102 cm³/mol. The summed E-state index contributed by atoms with van der Waals surface area (Å²) in [5, 5.41) is 0. The van der Waals surface area contributed by atoms with Gasteiger partial charge in [-0.05, 0) is 0 Å². The molecule has 2 rings (SSSR count). The average Bonchev–Trinajstić information content (AvgIpc) is 2.86. The van der Waals surface area contributed by atoms with Crippen molar-refractivity contribution in [1.29, 1.82) is 0 Å². The van der Waals surface area contributed by atoms with Crippen molar-refractivity contribution in [3.63, 3.8) is 0 Å². The summed E-state index contributed by atoms with van der Waals surface area (Å²) in [6, 6.07) is 0. The SMILES string of the molecule is CCCCC1OC2(CC=[C]([SnH3])CC2)OC1(CCCC)CCCC. The van der Waals surface area contributed by atoms with E-state index in [9.17, 15) is 0 Å². The summed E-state index contributed by atoms with van der Waals surface area (Å²) in [6.07, 6.45) is 17.1. The minimum atomic E-state index is -0.286. The van der Waals surface area contributed by atoms with Gasteiger partial charge in [-0.3, -0.25) is 0 Å². The zero-order valence-corrected chi connectivity index (χ0v) is 21.7. The third kappa shape index (κ3) is 4.98. The first-order valence-electron chi connectivity index (χ1n) is 10.1. The van der Waals surface area contributed by atoms with Crippen molar-refractivity contribution in [3.8, 4) is 0 Å². The number of hydrogen-bond donors (Lipinski definition) is 0. The van der Waals surface area contributed by atoms with E-state index in [2.05, 4.69) is 26.8 Å². The second-order valence-corrected chi connectivity index (χ2v) is 11.5. The van der Waals surface area contributed by atoms with E-state index in [0.29, 0.717) is 28.6 Å². The molecule has 0 bridgehead atoms. The van der Waals surface area contributed by atoms with Crippen molar-refractivity contribution in [2.45, 2.75) is 115 Å². The van der Waals surface area contributed by atoms with Crippen LogP contribution in [0.4, 0.5) is 0 Å². The Hall–Kier alpha value is 0.459. The van der Waals surface area contributed by atoms with Crippen molar-refractivity contribution < 1.29 is 9.47 Å². The van der Waals surface area contributed by atoms with Crippen LogP contribution in [0.2, 0.25) is 0 Å². The van der Waals surface area contributed by atoms with E-state index in [0.717, 1.165) is 12.8 Å². The van der Waals surface area contributed by atoms with Crippen molar-refractivity contribution in [1.82, 2.24) is 0 Å². The van der Waals surface area contributed by atoms with Crippen LogP contribution >= 0.6 is 0 Å². The van der Waals surface area contributed by atoms with Gasteiger partial charge in [-0.15, -0.1) is 0 Å². The Bertz CT molecular complexity index is 385. The number of rotatable bonds is 9. The van der Waals surface area contributed by atoms with Gasteiger partial charge in [-0.1, -0.05) is 0 Å². The summed E-state index contributed by atoms with van der Waals surface area (Å²) in [7, 11) is 0. The zero-order chi connectivity index (χ0) is 16.8. The van der Waals surface area contributed by atoms with Crippen LogP contribution in [-0.4, -0.2) is 40.0 Å². The predicted octanol–water partition coefficient (Wildman–Crippen LogP) is 4.84. The van der Waals surface area contributed by atoms with Crippen LogP contribution in [0.3, 0.4) is 0 Å². The Balaban J connectivity index is 2.19. The van der Waals surface area contributed by atoms with Crippen LogP contribution in [0.5, 0.6) is 0 Å². The maximum atomic E-state index is 6.90. The molecule has 2 unspecified atom stereocenters. The van der Waals surface area contributed by atoms with E-state index in [1.807, 2.05) is 0 Å². The van der Waals surface area contributed by atoms with Crippen molar-refractivity contribution in [2.24, 2.45) is 0 Å². The van der Waals surface area contributed by atoms with Gasteiger partial charge in [0.1, 0.15) is 0 Å². The molecule has 0 aromatic rings. The van der Waals surface area contributed by atoms with Crippen molar-refractivity contribution in [3.05, 3.63) is 9.67 Å². The number of unbranched alkanes of at least 4 members (excludes halogenated alkanes) is 3. The van der Waals surface area contributed by atoms with Gasteiger partial charge >= 0.3 is 157 Å². The van der Waals surface area contributed by atoms with Crippen molar-refractivity contribution in [2.75, 3.05) is 0 Å². The number of hydrogen-bond acceptors (Lipinski definition) is 2. The molecule has 0 saturated carbocycles. The first-order valence-corrected chi connectivity index (χ1v) is 13.0. The Morgan fingerprint density at radius 3 is 2.26 bits per heavy atom. The molecule has 0 radical (unpaired) electrons. The summed E-state index contributed by atoms with van der Waals surface area (Å²) in [6.45, 7) is 6.87. The van der Waals surface area contributed by atoms with Crippen LogP contribution in [0.15, 0.2) is 9.67 Å². The molecule has 2 atom stereocenters. The molecule has 1 aliphatic carbocycles. The molecule has 0 aromatic heterocycles. The molecule has 2 nitrogen and oxygen atoms in total. The summed E-state index contributed by atoms with van der Waals surface area (Å²) >= 11 is 0.661. The fraction of sp³-hybridized carbons (Fsp3) is 0.900. The quantitative estimate of drug-likeness (QED) is 0.489. The number of allylic oxidation sites excluding steroid dienone is 1. The molecule has 1 saturated heterocycles. The molecule has 0 aromatic carbocycles. The molecular formula is C20H38O2Sn. The summed E-state index contributed by atoms with van der Waals surface area (Å²) in [4.78, 5) is 0. The van der Waals surface area contributed by atoms with Crippen LogP contribution in [0.1, 0.15) is 97.8 Å². The number of ether oxygens (including phenoxy) is 2. The Labute approximate surface area is 156 Å². The molecular weight excluding hydrogens is 391 g/mol. The molecule has 3 heteroatoms. The van der Waals surface area contributed by atoms with Gasteiger partial charge in [0.15, 0.2) is 0 Å². The van der Waals surface area contributed by atoms with E-state index >= 15 is 0 Å². The Kier molecular flexibility index (Phi) is 7.94. The third-order valence-corrected chi connectivity index (χ3v) is 8.31. The fourth-order valence-electron chi connectivity index (χ4n) is 4.16. The zero-order valence-electron chi connectivity index (χ0n) is 16.0. The first kappa shape index (κ1) is 19.8. The summed E-state index contributed by atoms with van der Waals surface area (Å²) in [5.74, 6) is -0.286. The van der Waals surface area contributed by atoms with E-state index in [4.69, 9.17) is 9.47 Å². The normalized spacial score (nSPS) is 30.0. The minimum absolute atomic E-state index is 0.0104. The molecule has 23 heavy (non-hydrogen) atoms. The van der Waals surface area contributed by atoms with Gasteiger partial charge in [0.2, 0.25) is 0 Å². The monoisotopic (exact) mass is 430 g/mol. The molecule has 134 valence electrons. The van der Waals surface area contributed by atoms with Crippen LogP contribution in [0, 0.1) is 0 Å². The topological polar surface area (TPSA) is 18.5 Å². The summed E-state index contributed by atoms with van der Waals surface area (Å²) < 4.78 is 15.3. The van der Waals surface area contributed by atoms with E-state index in [-0.39, 0.29) is 11.4 Å². The Morgan fingerprint density at radius 2 is 1.74 bits per heavy atom. The molecule has 0 N–H and O–H groups in total. The van der Waals surface area contributed by atoms with Gasteiger partial charge in [-0.25, -0.2) is 0 Å². The molecule has 1 spiro atoms. The van der Waals surface area contributed by atoms with E-state index in [1.165, 1.54) is 64.2 Å². The average molecular weight is 429 g/mol. The molecule has 2 aliphatic rings. The summed E-state index contributed by atoms with van der Waals surface area (Å²) in [5.41, 5.74) is -0.0104. The van der Waals surface area contributed by atoms with Crippen molar-refractivity contribution >= 4 is 22.5 Å². The molecule has 1 aliphatic heterocycles. The van der Waals surface area contributed by atoms with E-state index < -0.39 is 0 Å².